The van der Waals surface area contributed by atoms with Crippen LogP contribution < -0.4 is 4.74 Å². The number of hydrogen-bond acceptors (Lipinski definition) is 4. The van der Waals surface area contributed by atoms with Crippen molar-refractivity contribution in [2.75, 3.05) is 0 Å². The van der Waals surface area contributed by atoms with E-state index in [9.17, 15) is 0 Å². The van der Waals surface area contributed by atoms with Crippen molar-refractivity contribution in [3.63, 3.8) is 0 Å². The summed E-state index contributed by atoms with van der Waals surface area (Å²) in [4.78, 5) is 12.0. The molecule has 0 aromatic carbocycles. The molecule has 0 unspecified atom stereocenters. The predicted octanol–water partition coefficient (Wildman–Crippen LogP) is 1.45. The Bertz CT molecular complexity index is 338. The summed E-state index contributed by atoms with van der Waals surface area (Å²) in [6, 6.07) is 5.36. The lowest BCUT2D eigenvalue weighted by molar-refractivity contribution is 0.295. The fourth-order valence-corrected chi connectivity index (χ4v) is 0.987. The molecule has 0 amide bonds. The van der Waals surface area contributed by atoms with E-state index in [0.717, 1.165) is 5.75 Å². The fraction of sp³-hybridized carbons (Fsp3) is 0.100. The molecule has 70 valence electrons. The Balaban J connectivity index is 1.96. The molecule has 0 saturated carbocycles. The Hall–Kier alpha value is -1.97. The summed E-state index contributed by atoms with van der Waals surface area (Å²) in [6.45, 7) is 0.380. The average Bonchev–Trinajstić information content (AvgIpc) is 2.29. The normalized spacial score (nSPS) is 9.71. The van der Waals surface area contributed by atoms with E-state index in [1.165, 1.54) is 0 Å². The van der Waals surface area contributed by atoms with Gasteiger partial charge >= 0.3 is 0 Å². The summed E-state index contributed by atoms with van der Waals surface area (Å²) in [5.74, 6) is 1.44. The number of nitrogens with zero attached hydrogens (tertiary/aromatic N) is 3. The molecule has 0 radical (unpaired) electrons. The Labute approximate surface area is 81.6 Å². The van der Waals surface area contributed by atoms with Gasteiger partial charge in [-0.2, -0.15) is 0 Å². The maximum absolute atomic E-state index is 5.43. The molecule has 0 spiro atoms. The van der Waals surface area contributed by atoms with Crippen molar-refractivity contribution in [1.82, 2.24) is 15.0 Å². The summed E-state index contributed by atoms with van der Waals surface area (Å²) in [5, 5.41) is 0. The van der Waals surface area contributed by atoms with Crippen molar-refractivity contribution >= 4 is 0 Å². The van der Waals surface area contributed by atoms with E-state index < -0.39 is 0 Å². The highest BCUT2D eigenvalue weighted by atomic mass is 16.5. The molecule has 0 aliphatic carbocycles. The number of rotatable bonds is 3. The van der Waals surface area contributed by atoms with Crippen molar-refractivity contribution < 1.29 is 4.74 Å². The van der Waals surface area contributed by atoms with E-state index in [-0.39, 0.29) is 0 Å². The molecular weight excluding hydrogens is 178 g/mol. The van der Waals surface area contributed by atoms with E-state index in [4.69, 9.17) is 4.74 Å². The van der Waals surface area contributed by atoms with E-state index in [1.54, 1.807) is 43.0 Å². The summed E-state index contributed by atoms with van der Waals surface area (Å²) < 4.78 is 5.43. The van der Waals surface area contributed by atoms with Crippen LogP contribution in [0.1, 0.15) is 5.82 Å². The number of hydrogen-bond donors (Lipinski definition) is 0. The summed E-state index contributed by atoms with van der Waals surface area (Å²) in [5.41, 5.74) is 0. The van der Waals surface area contributed by atoms with E-state index in [1.807, 2.05) is 0 Å². The average molecular weight is 187 g/mol. The second-order valence-corrected chi connectivity index (χ2v) is 2.64. The molecule has 2 rings (SSSR count). The first kappa shape index (κ1) is 8.62. The van der Waals surface area contributed by atoms with E-state index in [0.29, 0.717) is 12.4 Å². The van der Waals surface area contributed by atoms with Crippen molar-refractivity contribution in [3.8, 4) is 5.75 Å². The van der Waals surface area contributed by atoms with Gasteiger partial charge in [0, 0.05) is 24.8 Å². The zero-order valence-corrected chi connectivity index (χ0v) is 7.50. The maximum atomic E-state index is 5.43. The molecule has 2 aromatic rings. The van der Waals surface area contributed by atoms with Gasteiger partial charge in [-0.05, 0) is 18.2 Å². The van der Waals surface area contributed by atoms with Gasteiger partial charge in [0.25, 0.3) is 0 Å². The van der Waals surface area contributed by atoms with Gasteiger partial charge in [0.2, 0.25) is 0 Å². The van der Waals surface area contributed by atoms with Crippen LogP contribution in [-0.2, 0) is 6.61 Å². The van der Waals surface area contributed by atoms with Gasteiger partial charge in [-0.15, -0.1) is 0 Å². The molecule has 4 heteroatoms. The van der Waals surface area contributed by atoms with Gasteiger partial charge in [-0.1, -0.05) is 0 Å². The summed E-state index contributed by atoms with van der Waals surface area (Å²) >= 11 is 0. The monoisotopic (exact) mass is 187 g/mol. The maximum Gasteiger partial charge on any atom is 0.166 e. The van der Waals surface area contributed by atoms with Crippen LogP contribution in [0.25, 0.3) is 0 Å². The third-order valence-electron chi connectivity index (χ3n) is 1.64. The Morgan fingerprint density at radius 3 is 2.43 bits per heavy atom. The first-order valence-electron chi connectivity index (χ1n) is 4.24. The Morgan fingerprint density at radius 1 is 1.00 bits per heavy atom. The third kappa shape index (κ3) is 2.26. The minimum absolute atomic E-state index is 0.380. The first-order valence-corrected chi connectivity index (χ1v) is 4.24. The summed E-state index contributed by atoms with van der Waals surface area (Å²) in [7, 11) is 0. The number of aromatic nitrogens is 3. The zero-order valence-electron chi connectivity index (χ0n) is 7.50. The molecule has 2 heterocycles. The van der Waals surface area contributed by atoms with Crippen LogP contribution in [0.15, 0.2) is 43.0 Å². The Morgan fingerprint density at radius 2 is 1.71 bits per heavy atom. The van der Waals surface area contributed by atoms with Crippen molar-refractivity contribution in [2.45, 2.75) is 6.61 Å². The highest BCUT2D eigenvalue weighted by Gasteiger charge is 1.95. The SMILES string of the molecule is c1cnc(COc2ccncc2)nc1. The highest BCUT2D eigenvalue weighted by molar-refractivity contribution is 5.16. The van der Waals surface area contributed by atoms with Crippen molar-refractivity contribution in [1.29, 1.82) is 0 Å². The first-order chi connectivity index (χ1) is 6.95. The van der Waals surface area contributed by atoms with Gasteiger partial charge in [0.1, 0.15) is 12.4 Å². The standard InChI is InChI=1S/C10H9N3O/c1-4-12-10(13-5-1)8-14-9-2-6-11-7-3-9/h1-7H,8H2. The van der Waals surface area contributed by atoms with Crippen LogP contribution in [0.5, 0.6) is 5.75 Å². The molecule has 0 aliphatic rings. The van der Waals surface area contributed by atoms with Gasteiger partial charge in [-0.25, -0.2) is 9.97 Å². The van der Waals surface area contributed by atoms with E-state index >= 15 is 0 Å². The molecular formula is C10H9N3O. The quantitative estimate of drug-likeness (QED) is 0.729. The van der Waals surface area contributed by atoms with E-state index in [2.05, 4.69) is 15.0 Å². The third-order valence-corrected chi connectivity index (χ3v) is 1.64. The second-order valence-electron chi connectivity index (χ2n) is 2.64. The van der Waals surface area contributed by atoms with Crippen LogP contribution >= 0.6 is 0 Å². The van der Waals surface area contributed by atoms with Gasteiger partial charge in [0.05, 0.1) is 0 Å². The van der Waals surface area contributed by atoms with Crippen LogP contribution in [0.2, 0.25) is 0 Å². The lowest BCUT2D eigenvalue weighted by Gasteiger charge is -2.03. The molecule has 0 aliphatic heterocycles. The number of ether oxygens (including phenoxy) is 1. The van der Waals surface area contributed by atoms with Crippen molar-refractivity contribution in [2.24, 2.45) is 0 Å². The zero-order chi connectivity index (χ0) is 9.64. The molecule has 0 atom stereocenters. The Kier molecular flexibility index (Phi) is 2.66. The molecule has 4 nitrogen and oxygen atoms in total. The lowest BCUT2D eigenvalue weighted by Crippen LogP contribution is -2.00. The van der Waals surface area contributed by atoms with Crippen LogP contribution in [0, 0.1) is 0 Å². The molecule has 14 heavy (non-hydrogen) atoms. The second kappa shape index (κ2) is 4.32. The smallest absolute Gasteiger partial charge is 0.166 e. The lowest BCUT2D eigenvalue weighted by atomic mass is 10.4. The fourth-order valence-electron chi connectivity index (χ4n) is 0.987. The predicted molar refractivity (Wildman–Crippen MR) is 50.6 cm³/mol. The van der Waals surface area contributed by atoms with Crippen LogP contribution in [-0.4, -0.2) is 15.0 Å². The molecule has 2 aromatic heterocycles. The van der Waals surface area contributed by atoms with Crippen molar-refractivity contribution in [3.05, 3.63) is 48.8 Å². The van der Waals surface area contributed by atoms with Gasteiger partial charge in [0.15, 0.2) is 5.82 Å². The summed E-state index contributed by atoms with van der Waals surface area (Å²) in [6.07, 6.45) is 6.75. The van der Waals surface area contributed by atoms with Gasteiger partial charge < -0.3 is 4.74 Å². The highest BCUT2D eigenvalue weighted by Crippen LogP contribution is 2.07. The molecule has 0 N–H and O–H groups in total. The molecule has 0 saturated heterocycles. The molecule has 0 fully saturated rings. The minimum Gasteiger partial charge on any atom is -0.486 e. The minimum atomic E-state index is 0.380. The van der Waals surface area contributed by atoms with Crippen LogP contribution in [0.4, 0.5) is 0 Å². The largest absolute Gasteiger partial charge is 0.486 e. The molecule has 0 bridgehead atoms. The number of pyridine rings is 1. The van der Waals surface area contributed by atoms with Gasteiger partial charge in [-0.3, -0.25) is 4.98 Å². The van der Waals surface area contributed by atoms with Crippen LogP contribution in [0.3, 0.4) is 0 Å². The topological polar surface area (TPSA) is 47.9 Å².